The standard InChI is InChI=1S/C11H24N2O3S/c1-5-9(6-2)10(12)7-13-11(14)8(3)17(4,15)16/h8-10H,5-7,12H2,1-4H3,(H,13,14). The summed E-state index contributed by atoms with van der Waals surface area (Å²) in [5.41, 5.74) is 5.93. The average molecular weight is 264 g/mol. The van der Waals surface area contributed by atoms with Gasteiger partial charge in [-0.25, -0.2) is 8.42 Å². The molecule has 102 valence electrons. The second-order valence-electron chi connectivity index (χ2n) is 4.46. The summed E-state index contributed by atoms with van der Waals surface area (Å²) in [5.74, 6) is -0.127. The summed E-state index contributed by atoms with van der Waals surface area (Å²) >= 11 is 0. The van der Waals surface area contributed by atoms with Crippen molar-refractivity contribution >= 4 is 15.7 Å². The Labute approximate surface area is 104 Å². The number of hydrogen-bond acceptors (Lipinski definition) is 4. The molecule has 0 heterocycles. The van der Waals surface area contributed by atoms with Crippen molar-refractivity contribution in [3.05, 3.63) is 0 Å². The smallest absolute Gasteiger partial charge is 0.238 e. The first-order valence-corrected chi connectivity index (χ1v) is 7.91. The third kappa shape index (κ3) is 5.50. The van der Waals surface area contributed by atoms with Gasteiger partial charge in [0.1, 0.15) is 5.25 Å². The summed E-state index contributed by atoms with van der Waals surface area (Å²) in [5, 5.41) is 1.58. The van der Waals surface area contributed by atoms with Crippen molar-refractivity contribution in [1.82, 2.24) is 5.32 Å². The summed E-state index contributed by atoms with van der Waals surface area (Å²) in [4.78, 5) is 11.5. The lowest BCUT2D eigenvalue weighted by Crippen LogP contribution is -2.45. The molecular formula is C11H24N2O3S. The normalized spacial score (nSPS) is 15.6. The first kappa shape index (κ1) is 16.4. The molecule has 0 fully saturated rings. The Morgan fingerprint density at radius 3 is 2.12 bits per heavy atom. The summed E-state index contributed by atoms with van der Waals surface area (Å²) < 4.78 is 22.3. The highest BCUT2D eigenvalue weighted by atomic mass is 32.2. The monoisotopic (exact) mass is 264 g/mol. The van der Waals surface area contributed by atoms with Crippen LogP contribution in [-0.2, 0) is 14.6 Å². The Bertz CT molecular complexity index is 337. The Hall–Kier alpha value is -0.620. The van der Waals surface area contributed by atoms with Gasteiger partial charge in [-0.05, 0) is 12.8 Å². The molecule has 2 unspecified atom stereocenters. The molecule has 1 amide bonds. The summed E-state index contributed by atoms with van der Waals surface area (Å²) in [6, 6.07) is -0.124. The van der Waals surface area contributed by atoms with E-state index in [1.807, 2.05) is 0 Å². The molecule has 0 spiro atoms. The second kappa shape index (κ2) is 6.96. The van der Waals surface area contributed by atoms with E-state index in [4.69, 9.17) is 5.73 Å². The van der Waals surface area contributed by atoms with Crippen LogP contribution in [0.2, 0.25) is 0 Å². The number of carbonyl (C=O) groups excluding carboxylic acids is 1. The van der Waals surface area contributed by atoms with Crippen LogP contribution in [0.15, 0.2) is 0 Å². The van der Waals surface area contributed by atoms with Crippen molar-refractivity contribution in [2.75, 3.05) is 12.8 Å². The first-order valence-electron chi connectivity index (χ1n) is 5.96. The SMILES string of the molecule is CCC(CC)C(N)CNC(=O)C(C)S(C)(=O)=O. The largest absolute Gasteiger partial charge is 0.353 e. The lowest BCUT2D eigenvalue weighted by molar-refractivity contribution is -0.120. The fraction of sp³-hybridized carbons (Fsp3) is 0.909. The minimum absolute atomic E-state index is 0.124. The molecule has 0 saturated heterocycles. The number of hydrogen-bond donors (Lipinski definition) is 2. The van der Waals surface area contributed by atoms with E-state index >= 15 is 0 Å². The van der Waals surface area contributed by atoms with E-state index in [1.54, 1.807) is 0 Å². The van der Waals surface area contributed by atoms with Crippen LogP contribution < -0.4 is 11.1 Å². The molecule has 3 N–H and O–H groups in total. The Morgan fingerprint density at radius 2 is 1.76 bits per heavy atom. The fourth-order valence-electron chi connectivity index (χ4n) is 1.62. The molecule has 0 rings (SSSR count). The van der Waals surface area contributed by atoms with E-state index in [-0.39, 0.29) is 6.04 Å². The molecule has 0 saturated carbocycles. The van der Waals surface area contributed by atoms with Crippen LogP contribution in [0.4, 0.5) is 0 Å². The van der Waals surface area contributed by atoms with Gasteiger partial charge < -0.3 is 11.1 Å². The number of rotatable bonds is 7. The molecule has 0 radical (unpaired) electrons. The molecule has 2 atom stereocenters. The second-order valence-corrected chi connectivity index (χ2v) is 6.82. The molecule has 0 aromatic heterocycles. The van der Waals surface area contributed by atoms with Gasteiger partial charge >= 0.3 is 0 Å². The molecule has 0 aliphatic rings. The van der Waals surface area contributed by atoms with Gasteiger partial charge in [0, 0.05) is 18.8 Å². The predicted octanol–water partition coefficient (Wildman–Crippen LogP) is 0.299. The number of carbonyl (C=O) groups is 1. The highest BCUT2D eigenvalue weighted by Gasteiger charge is 2.24. The molecule has 0 aliphatic heterocycles. The van der Waals surface area contributed by atoms with Crippen molar-refractivity contribution in [2.45, 2.75) is 44.9 Å². The average Bonchev–Trinajstić information content (AvgIpc) is 2.25. The van der Waals surface area contributed by atoms with Gasteiger partial charge in [0.05, 0.1) is 0 Å². The van der Waals surface area contributed by atoms with Crippen molar-refractivity contribution in [3.8, 4) is 0 Å². The van der Waals surface area contributed by atoms with E-state index in [0.717, 1.165) is 19.1 Å². The highest BCUT2D eigenvalue weighted by molar-refractivity contribution is 7.92. The maximum atomic E-state index is 11.5. The van der Waals surface area contributed by atoms with Crippen LogP contribution in [0.3, 0.4) is 0 Å². The number of amides is 1. The van der Waals surface area contributed by atoms with Crippen LogP contribution in [0, 0.1) is 5.92 Å². The van der Waals surface area contributed by atoms with Crippen LogP contribution >= 0.6 is 0 Å². The molecule has 17 heavy (non-hydrogen) atoms. The van der Waals surface area contributed by atoms with Crippen LogP contribution in [0.25, 0.3) is 0 Å². The fourth-order valence-corrected chi connectivity index (χ4v) is 2.09. The lowest BCUT2D eigenvalue weighted by atomic mass is 9.95. The third-order valence-corrected chi connectivity index (χ3v) is 4.68. The molecule has 6 heteroatoms. The van der Waals surface area contributed by atoms with Gasteiger partial charge in [0.15, 0.2) is 9.84 Å². The Morgan fingerprint density at radius 1 is 1.29 bits per heavy atom. The highest BCUT2D eigenvalue weighted by Crippen LogP contribution is 2.10. The van der Waals surface area contributed by atoms with E-state index in [1.165, 1.54) is 6.92 Å². The van der Waals surface area contributed by atoms with Gasteiger partial charge in [0.25, 0.3) is 0 Å². The maximum Gasteiger partial charge on any atom is 0.238 e. The third-order valence-electron chi connectivity index (χ3n) is 3.18. The van der Waals surface area contributed by atoms with Crippen LogP contribution in [0.1, 0.15) is 33.6 Å². The quantitative estimate of drug-likeness (QED) is 0.692. The van der Waals surface area contributed by atoms with Crippen LogP contribution in [-0.4, -0.2) is 38.4 Å². The zero-order valence-electron chi connectivity index (χ0n) is 11.1. The van der Waals surface area contributed by atoms with E-state index in [9.17, 15) is 13.2 Å². The first-order chi connectivity index (χ1) is 7.73. The van der Waals surface area contributed by atoms with Crippen molar-refractivity contribution < 1.29 is 13.2 Å². The number of nitrogens with one attached hydrogen (secondary N) is 1. The molecule has 0 bridgehead atoms. The van der Waals surface area contributed by atoms with Gasteiger partial charge in [-0.1, -0.05) is 26.7 Å². The van der Waals surface area contributed by atoms with Gasteiger partial charge in [0.2, 0.25) is 5.91 Å². The maximum absolute atomic E-state index is 11.5. The molecule has 0 aliphatic carbocycles. The van der Waals surface area contributed by atoms with Crippen molar-refractivity contribution in [2.24, 2.45) is 11.7 Å². The van der Waals surface area contributed by atoms with E-state index in [0.29, 0.717) is 12.5 Å². The molecular weight excluding hydrogens is 240 g/mol. The number of nitrogens with two attached hydrogens (primary N) is 1. The van der Waals surface area contributed by atoms with Gasteiger partial charge in [-0.15, -0.1) is 0 Å². The molecule has 0 aromatic carbocycles. The Kier molecular flexibility index (Phi) is 6.70. The summed E-state index contributed by atoms with van der Waals surface area (Å²) in [6.07, 6.45) is 2.96. The minimum atomic E-state index is -3.33. The number of sulfone groups is 1. The minimum Gasteiger partial charge on any atom is -0.353 e. The predicted molar refractivity (Wildman–Crippen MR) is 69.4 cm³/mol. The van der Waals surface area contributed by atoms with E-state index < -0.39 is 21.0 Å². The zero-order valence-corrected chi connectivity index (χ0v) is 11.9. The summed E-state index contributed by atoms with van der Waals surface area (Å²) in [6.45, 7) is 5.81. The summed E-state index contributed by atoms with van der Waals surface area (Å²) in [7, 11) is -3.33. The van der Waals surface area contributed by atoms with E-state index in [2.05, 4.69) is 19.2 Å². The lowest BCUT2D eigenvalue weighted by Gasteiger charge is -2.22. The van der Waals surface area contributed by atoms with Gasteiger partial charge in [-0.2, -0.15) is 0 Å². The van der Waals surface area contributed by atoms with Crippen molar-refractivity contribution in [3.63, 3.8) is 0 Å². The topological polar surface area (TPSA) is 89.3 Å². The Balaban J connectivity index is 4.26. The molecule has 5 nitrogen and oxygen atoms in total. The van der Waals surface area contributed by atoms with Crippen LogP contribution in [0.5, 0.6) is 0 Å². The van der Waals surface area contributed by atoms with Crippen molar-refractivity contribution in [1.29, 1.82) is 0 Å². The van der Waals surface area contributed by atoms with Gasteiger partial charge in [-0.3, -0.25) is 4.79 Å². The molecule has 0 aromatic rings. The zero-order chi connectivity index (χ0) is 13.6.